The smallest absolute Gasteiger partial charge is 0.166 e. The van der Waals surface area contributed by atoms with Crippen LogP contribution in [0.1, 0.15) is 61.4 Å². The van der Waals surface area contributed by atoms with Crippen LogP contribution in [-0.4, -0.2) is 24.7 Å². The predicted molar refractivity (Wildman–Crippen MR) is 83.3 cm³/mol. The van der Waals surface area contributed by atoms with Gasteiger partial charge in [0.1, 0.15) is 0 Å². The standard InChI is InChI=1S/C17H22O3S/c1-11(2)12-4-3-5-13(8-12)17(18)14-9-15-6-7-16(10-14)21(15,19)20/h3-5,8,11,14-16H,6-7,9-10H2,1-2H3. The van der Waals surface area contributed by atoms with Crippen molar-refractivity contribution in [2.45, 2.75) is 55.9 Å². The Kier molecular flexibility index (Phi) is 3.68. The molecule has 0 N–H and O–H groups in total. The van der Waals surface area contributed by atoms with Crippen LogP contribution in [-0.2, 0) is 9.84 Å². The number of Topliss-reactive ketones (excluding diaryl/α,β-unsaturated/α-hetero) is 1. The Morgan fingerprint density at radius 1 is 1.14 bits per heavy atom. The summed E-state index contributed by atoms with van der Waals surface area (Å²) in [5.41, 5.74) is 1.90. The van der Waals surface area contributed by atoms with Gasteiger partial charge in [-0.1, -0.05) is 32.0 Å². The average Bonchev–Trinajstić information content (AvgIpc) is 2.66. The second-order valence-electron chi connectivity index (χ2n) is 6.72. The van der Waals surface area contributed by atoms with Crippen molar-refractivity contribution in [3.05, 3.63) is 35.4 Å². The summed E-state index contributed by atoms with van der Waals surface area (Å²) in [5, 5.41) is -0.558. The Balaban J connectivity index is 1.83. The molecule has 0 radical (unpaired) electrons. The number of carbonyl (C=O) groups excluding carboxylic acids is 1. The van der Waals surface area contributed by atoms with Crippen molar-refractivity contribution >= 4 is 15.6 Å². The molecule has 0 aliphatic carbocycles. The highest BCUT2D eigenvalue weighted by Gasteiger charge is 2.48. The Hall–Kier alpha value is -1.16. The zero-order valence-corrected chi connectivity index (χ0v) is 13.4. The maximum Gasteiger partial charge on any atom is 0.166 e. The number of hydrogen-bond acceptors (Lipinski definition) is 3. The van der Waals surface area contributed by atoms with Crippen molar-refractivity contribution < 1.29 is 13.2 Å². The molecule has 21 heavy (non-hydrogen) atoms. The fraction of sp³-hybridized carbons (Fsp3) is 0.588. The first-order valence-corrected chi connectivity index (χ1v) is 9.37. The normalized spacial score (nSPS) is 30.5. The highest BCUT2D eigenvalue weighted by Crippen LogP contribution is 2.42. The van der Waals surface area contributed by atoms with Crippen molar-refractivity contribution in [2.75, 3.05) is 0 Å². The van der Waals surface area contributed by atoms with Gasteiger partial charge in [-0.15, -0.1) is 0 Å². The summed E-state index contributed by atoms with van der Waals surface area (Å²) in [4.78, 5) is 12.7. The summed E-state index contributed by atoms with van der Waals surface area (Å²) in [7, 11) is -2.95. The van der Waals surface area contributed by atoms with Gasteiger partial charge in [0.05, 0.1) is 10.5 Å². The summed E-state index contributed by atoms with van der Waals surface area (Å²) < 4.78 is 24.2. The van der Waals surface area contributed by atoms with Crippen LogP contribution in [0, 0.1) is 5.92 Å². The molecule has 2 aliphatic heterocycles. The van der Waals surface area contributed by atoms with Gasteiger partial charge < -0.3 is 0 Å². The topological polar surface area (TPSA) is 51.2 Å². The fourth-order valence-corrected chi connectivity index (χ4v) is 6.18. The van der Waals surface area contributed by atoms with Crippen molar-refractivity contribution in [2.24, 2.45) is 5.92 Å². The molecule has 2 aliphatic rings. The van der Waals surface area contributed by atoms with Crippen molar-refractivity contribution in [1.29, 1.82) is 0 Å². The van der Waals surface area contributed by atoms with E-state index in [9.17, 15) is 13.2 Å². The van der Waals surface area contributed by atoms with Crippen LogP contribution in [0.5, 0.6) is 0 Å². The highest BCUT2D eigenvalue weighted by atomic mass is 32.2. The molecule has 2 saturated heterocycles. The molecule has 0 aromatic heterocycles. The van der Waals surface area contributed by atoms with Crippen LogP contribution in [0.25, 0.3) is 0 Å². The molecule has 2 bridgehead atoms. The van der Waals surface area contributed by atoms with Gasteiger partial charge >= 0.3 is 0 Å². The van der Waals surface area contributed by atoms with Gasteiger partial charge in [0.2, 0.25) is 0 Å². The summed E-state index contributed by atoms with van der Waals surface area (Å²) in [5.74, 6) is 0.401. The van der Waals surface area contributed by atoms with Crippen LogP contribution in [0.15, 0.2) is 24.3 Å². The molecule has 114 valence electrons. The number of sulfone groups is 1. The predicted octanol–water partition coefficient (Wildman–Crippen LogP) is 3.35. The van der Waals surface area contributed by atoms with Crippen molar-refractivity contribution in [3.63, 3.8) is 0 Å². The number of benzene rings is 1. The molecule has 3 rings (SSSR count). The molecule has 2 fully saturated rings. The Labute approximate surface area is 126 Å². The first-order chi connectivity index (χ1) is 9.89. The Bertz CT molecular complexity index is 640. The van der Waals surface area contributed by atoms with E-state index in [4.69, 9.17) is 0 Å². The van der Waals surface area contributed by atoms with Crippen LogP contribution in [0.2, 0.25) is 0 Å². The first kappa shape index (κ1) is 14.8. The van der Waals surface area contributed by atoms with E-state index in [1.54, 1.807) is 0 Å². The summed E-state index contributed by atoms with van der Waals surface area (Å²) >= 11 is 0. The number of carbonyl (C=O) groups is 1. The van der Waals surface area contributed by atoms with E-state index in [0.29, 0.717) is 18.8 Å². The molecule has 0 amide bonds. The minimum atomic E-state index is -2.95. The molecule has 0 saturated carbocycles. The maximum atomic E-state index is 12.7. The fourth-order valence-electron chi connectivity index (χ4n) is 3.71. The van der Waals surface area contributed by atoms with Gasteiger partial charge in [-0.05, 0) is 43.2 Å². The number of fused-ring (bicyclic) bond motifs is 2. The van der Waals surface area contributed by atoms with E-state index in [-0.39, 0.29) is 22.2 Å². The molecule has 3 nitrogen and oxygen atoms in total. The van der Waals surface area contributed by atoms with Gasteiger partial charge in [0.25, 0.3) is 0 Å². The lowest BCUT2D eigenvalue weighted by molar-refractivity contribution is 0.0905. The molecule has 1 aromatic carbocycles. The molecule has 2 unspecified atom stereocenters. The van der Waals surface area contributed by atoms with Gasteiger partial charge in [0.15, 0.2) is 15.6 Å². The lowest BCUT2D eigenvalue weighted by Crippen LogP contribution is -2.36. The van der Waals surface area contributed by atoms with Crippen LogP contribution in [0.4, 0.5) is 0 Å². The number of rotatable bonds is 3. The summed E-state index contributed by atoms with van der Waals surface area (Å²) in [6.07, 6.45) is 2.51. The third kappa shape index (κ3) is 2.54. The van der Waals surface area contributed by atoms with E-state index in [1.165, 1.54) is 0 Å². The quantitative estimate of drug-likeness (QED) is 0.805. The van der Waals surface area contributed by atoms with E-state index in [2.05, 4.69) is 13.8 Å². The highest BCUT2D eigenvalue weighted by molar-refractivity contribution is 7.93. The zero-order chi connectivity index (χ0) is 15.2. The maximum absolute atomic E-state index is 12.7. The first-order valence-electron chi connectivity index (χ1n) is 7.76. The average molecular weight is 306 g/mol. The number of hydrogen-bond donors (Lipinski definition) is 0. The van der Waals surface area contributed by atoms with E-state index >= 15 is 0 Å². The molecule has 2 atom stereocenters. The van der Waals surface area contributed by atoms with Crippen LogP contribution >= 0.6 is 0 Å². The zero-order valence-electron chi connectivity index (χ0n) is 12.6. The third-order valence-electron chi connectivity index (χ3n) is 5.04. The van der Waals surface area contributed by atoms with Gasteiger partial charge in [-0.3, -0.25) is 4.79 Å². The van der Waals surface area contributed by atoms with Gasteiger partial charge in [0, 0.05) is 11.5 Å². The molecule has 4 heteroatoms. The SMILES string of the molecule is CC(C)c1cccc(C(=O)C2CC3CCC(C2)S3(=O)=O)c1. The van der Waals surface area contributed by atoms with E-state index < -0.39 is 9.84 Å². The lowest BCUT2D eigenvalue weighted by Gasteiger charge is -2.27. The van der Waals surface area contributed by atoms with E-state index in [1.807, 2.05) is 24.3 Å². The third-order valence-corrected chi connectivity index (χ3v) is 7.76. The lowest BCUT2D eigenvalue weighted by atomic mass is 9.89. The largest absolute Gasteiger partial charge is 0.294 e. The Morgan fingerprint density at radius 2 is 1.76 bits per heavy atom. The second kappa shape index (κ2) is 5.24. The molecule has 2 heterocycles. The van der Waals surface area contributed by atoms with Gasteiger partial charge in [-0.25, -0.2) is 8.42 Å². The summed E-state index contributed by atoms with van der Waals surface area (Å²) in [6, 6.07) is 7.80. The van der Waals surface area contributed by atoms with Crippen LogP contribution in [0.3, 0.4) is 0 Å². The van der Waals surface area contributed by atoms with E-state index in [0.717, 1.165) is 24.0 Å². The molecule has 1 aromatic rings. The minimum Gasteiger partial charge on any atom is -0.294 e. The van der Waals surface area contributed by atoms with Crippen molar-refractivity contribution in [1.82, 2.24) is 0 Å². The molecular formula is C17H22O3S. The molecule has 0 spiro atoms. The second-order valence-corrected chi connectivity index (χ2v) is 9.23. The number of ketones is 1. The van der Waals surface area contributed by atoms with Crippen molar-refractivity contribution in [3.8, 4) is 0 Å². The van der Waals surface area contributed by atoms with Crippen LogP contribution < -0.4 is 0 Å². The molecular weight excluding hydrogens is 284 g/mol. The Morgan fingerprint density at radius 3 is 2.33 bits per heavy atom. The summed E-state index contributed by atoms with van der Waals surface area (Å²) in [6.45, 7) is 4.22. The van der Waals surface area contributed by atoms with Gasteiger partial charge in [-0.2, -0.15) is 0 Å². The monoisotopic (exact) mass is 306 g/mol. The minimum absolute atomic E-state index is 0.117.